The number of allylic oxidation sites excluding steroid dienone is 1. The highest BCUT2D eigenvalue weighted by Gasteiger charge is 2.36. The van der Waals surface area contributed by atoms with Crippen molar-refractivity contribution in [2.24, 2.45) is 0 Å². The molecule has 0 aliphatic carbocycles. The van der Waals surface area contributed by atoms with Crippen molar-refractivity contribution >= 4 is 11.9 Å². The van der Waals surface area contributed by atoms with Crippen LogP contribution in [0.2, 0.25) is 0 Å². The summed E-state index contributed by atoms with van der Waals surface area (Å²) in [7, 11) is 0. The lowest BCUT2D eigenvalue weighted by molar-refractivity contribution is -0.161. The van der Waals surface area contributed by atoms with Gasteiger partial charge in [0.15, 0.2) is 6.10 Å². The topological polar surface area (TPSA) is 85.4 Å². The second-order valence-electron chi connectivity index (χ2n) is 12.3. The molecule has 1 aliphatic heterocycles. The van der Waals surface area contributed by atoms with Crippen LogP contribution in [0.25, 0.3) is 0 Å². The minimum Gasteiger partial charge on any atom is -0.462 e. The molecular formula is C36H66O6. The first kappa shape index (κ1) is 38.6. The fourth-order valence-corrected chi connectivity index (χ4v) is 5.38. The molecule has 3 atom stereocenters. The van der Waals surface area contributed by atoms with Gasteiger partial charge in [0.05, 0.1) is 18.8 Å². The number of esters is 2. The quantitative estimate of drug-likeness (QED) is 0.0372. The standard InChI is InChI=1S/C36H66O6/c1-3-5-7-8-9-10-11-12-13-18-21-25-29-36(39)41-32(30-37)31-40-35(38)28-24-20-17-15-14-16-19-23-27-34-33(42-34)26-22-6-4-2/h19,23,32-34,37H,3-18,20-22,24-31H2,1-2H3/b23-19-/t32-,33?,34?/m0/s1. The smallest absolute Gasteiger partial charge is 0.306 e. The largest absolute Gasteiger partial charge is 0.462 e. The first-order chi connectivity index (χ1) is 20.6. The molecule has 6 nitrogen and oxygen atoms in total. The van der Waals surface area contributed by atoms with Gasteiger partial charge in [0, 0.05) is 12.8 Å². The Bertz CT molecular complexity index is 663. The molecule has 1 rings (SSSR count). The zero-order valence-corrected chi connectivity index (χ0v) is 27.5. The second kappa shape index (κ2) is 28.4. The van der Waals surface area contributed by atoms with Gasteiger partial charge in [0.1, 0.15) is 6.61 Å². The van der Waals surface area contributed by atoms with Gasteiger partial charge in [0.25, 0.3) is 0 Å². The van der Waals surface area contributed by atoms with Gasteiger partial charge in [-0.15, -0.1) is 0 Å². The van der Waals surface area contributed by atoms with Crippen LogP contribution >= 0.6 is 0 Å². The number of aliphatic hydroxyl groups excluding tert-OH is 1. The summed E-state index contributed by atoms with van der Waals surface area (Å²) in [5, 5.41) is 9.51. The van der Waals surface area contributed by atoms with E-state index in [0.29, 0.717) is 25.0 Å². The molecule has 0 aromatic rings. The SMILES string of the molecule is CCCCCCCCCCCCCCC(=O)O[C@@H](CO)COC(=O)CCCCCCC/C=C\CC1OC1CCCCC. The van der Waals surface area contributed by atoms with E-state index in [4.69, 9.17) is 14.2 Å². The normalized spacial score (nSPS) is 17.0. The van der Waals surface area contributed by atoms with Crippen LogP contribution in [-0.2, 0) is 23.8 Å². The number of carbonyl (C=O) groups excluding carboxylic acids is 2. The molecule has 1 aliphatic rings. The maximum absolute atomic E-state index is 12.1. The van der Waals surface area contributed by atoms with Gasteiger partial charge in [-0.25, -0.2) is 0 Å². The van der Waals surface area contributed by atoms with Crippen LogP contribution in [0, 0.1) is 0 Å². The molecule has 246 valence electrons. The molecule has 1 saturated heterocycles. The Morgan fingerprint density at radius 2 is 1.19 bits per heavy atom. The number of aliphatic hydroxyl groups is 1. The van der Waals surface area contributed by atoms with E-state index < -0.39 is 6.10 Å². The van der Waals surface area contributed by atoms with Gasteiger partial charge < -0.3 is 19.3 Å². The molecule has 1 fully saturated rings. The molecule has 1 heterocycles. The van der Waals surface area contributed by atoms with Gasteiger partial charge in [-0.3, -0.25) is 9.59 Å². The zero-order chi connectivity index (χ0) is 30.5. The van der Waals surface area contributed by atoms with Gasteiger partial charge in [-0.05, 0) is 38.5 Å². The van der Waals surface area contributed by atoms with E-state index in [-0.39, 0.29) is 25.2 Å². The highest BCUT2D eigenvalue weighted by molar-refractivity contribution is 5.70. The van der Waals surface area contributed by atoms with Crippen LogP contribution < -0.4 is 0 Å². The summed E-state index contributed by atoms with van der Waals surface area (Å²) in [6, 6.07) is 0. The molecule has 2 unspecified atom stereocenters. The molecule has 0 aromatic heterocycles. The number of hydrogen-bond acceptors (Lipinski definition) is 6. The van der Waals surface area contributed by atoms with Crippen molar-refractivity contribution in [3.05, 3.63) is 12.2 Å². The number of unbranched alkanes of at least 4 members (excludes halogenated alkanes) is 18. The highest BCUT2D eigenvalue weighted by Crippen LogP contribution is 2.30. The molecular weight excluding hydrogens is 528 g/mol. The van der Waals surface area contributed by atoms with Gasteiger partial charge in [-0.1, -0.05) is 135 Å². The summed E-state index contributed by atoms with van der Waals surface area (Å²) in [6.07, 6.45) is 32.9. The molecule has 0 bridgehead atoms. The maximum atomic E-state index is 12.1. The lowest BCUT2D eigenvalue weighted by Gasteiger charge is -2.15. The Hall–Kier alpha value is -1.40. The average molecular weight is 595 g/mol. The van der Waals surface area contributed by atoms with Crippen molar-refractivity contribution in [2.75, 3.05) is 13.2 Å². The van der Waals surface area contributed by atoms with E-state index in [1.807, 2.05) is 0 Å². The fraction of sp³-hybridized carbons (Fsp3) is 0.889. The van der Waals surface area contributed by atoms with Crippen molar-refractivity contribution in [1.82, 2.24) is 0 Å². The van der Waals surface area contributed by atoms with E-state index in [1.54, 1.807) is 0 Å². The highest BCUT2D eigenvalue weighted by atomic mass is 16.6. The lowest BCUT2D eigenvalue weighted by atomic mass is 10.0. The first-order valence-electron chi connectivity index (χ1n) is 17.9. The Morgan fingerprint density at radius 1 is 0.667 bits per heavy atom. The van der Waals surface area contributed by atoms with E-state index in [9.17, 15) is 14.7 Å². The van der Waals surface area contributed by atoms with Crippen LogP contribution in [0.15, 0.2) is 12.2 Å². The maximum Gasteiger partial charge on any atom is 0.306 e. The van der Waals surface area contributed by atoms with Crippen molar-refractivity contribution in [3.8, 4) is 0 Å². The van der Waals surface area contributed by atoms with E-state index >= 15 is 0 Å². The van der Waals surface area contributed by atoms with E-state index in [2.05, 4.69) is 26.0 Å². The lowest BCUT2D eigenvalue weighted by Crippen LogP contribution is -2.28. The summed E-state index contributed by atoms with van der Waals surface area (Å²) in [5.41, 5.74) is 0. The number of hydrogen-bond donors (Lipinski definition) is 1. The fourth-order valence-electron chi connectivity index (χ4n) is 5.38. The predicted molar refractivity (Wildman–Crippen MR) is 172 cm³/mol. The molecule has 0 aromatic carbocycles. The van der Waals surface area contributed by atoms with Crippen LogP contribution in [0.4, 0.5) is 0 Å². The third-order valence-corrected chi connectivity index (χ3v) is 8.23. The van der Waals surface area contributed by atoms with Crippen molar-refractivity contribution in [3.63, 3.8) is 0 Å². The minimum atomic E-state index is -0.773. The summed E-state index contributed by atoms with van der Waals surface area (Å²) >= 11 is 0. The van der Waals surface area contributed by atoms with Crippen molar-refractivity contribution in [2.45, 2.75) is 193 Å². The molecule has 0 amide bonds. The molecule has 42 heavy (non-hydrogen) atoms. The second-order valence-corrected chi connectivity index (χ2v) is 12.3. The van der Waals surface area contributed by atoms with Crippen LogP contribution in [0.5, 0.6) is 0 Å². The van der Waals surface area contributed by atoms with Crippen molar-refractivity contribution < 1.29 is 28.9 Å². The molecule has 0 spiro atoms. The van der Waals surface area contributed by atoms with Gasteiger partial charge in [-0.2, -0.15) is 0 Å². The predicted octanol–water partition coefficient (Wildman–Crippen LogP) is 9.55. The number of rotatable bonds is 31. The van der Waals surface area contributed by atoms with E-state index in [0.717, 1.165) is 51.4 Å². The monoisotopic (exact) mass is 594 g/mol. The molecule has 0 radical (unpaired) electrons. The number of carbonyl (C=O) groups is 2. The average Bonchev–Trinajstić information content (AvgIpc) is 3.74. The van der Waals surface area contributed by atoms with Gasteiger partial charge in [0.2, 0.25) is 0 Å². The summed E-state index contributed by atoms with van der Waals surface area (Å²) in [6.45, 7) is 4.08. The van der Waals surface area contributed by atoms with Gasteiger partial charge >= 0.3 is 11.9 Å². The summed E-state index contributed by atoms with van der Waals surface area (Å²) < 4.78 is 16.3. The first-order valence-corrected chi connectivity index (χ1v) is 17.9. The Balaban J connectivity index is 1.89. The summed E-state index contributed by atoms with van der Waals surface area (Å²) in [5.74, 6) is -0.608. The third-order valence-electron chi connectivity index (χ3n) is 8.23. The molecule has 6 heteroatoms. The summed E-state index contributed by atoms with van der Waals surface area (Å²) in [4.78, 5) is 24.1. The number of ether oxygens (including phenoxy) is 3. The molecule has 0 saturated carbocycles. The zero-order valence-electron chi connectivity index (χ0n) is 27.5. The third kappa shape index (κ3) is 24.1. The number of epoxide rings is 1. The van der Waals surface area contributed by atoms with E-state index in [1.165, 1.54) is 96.3 Å². The Kier molecular flexibility index (Phi) is 26.1. The van der Waals surface area contributed by atoms with Crippen LogP contribution in [0.1, 0.15) is 174 Å². The Labute approximate surface area is 258 Å². The Morgan fingerprint density at radius 3 is 1.79 bits per heavy atom. The van der Waals surface area contributed by atoms with Crippen LogP contribution in [-0.4, -0.2) is 48.6 Å². The van der Waals surface area contributed by atoms with Crippen molar-refractivity contribution in [1.29, 1.82) is 0 Å². The minimum absolute atomic E-state index is 0.0722. The van der Waals surface area contributed by atoms with Crippen LogP contribution in [0.3, 0.4) is 0 Å². The molecule has 1 N–H and O–H groups in total.